The Kier molecular flexibility index (Phi) is 4.90. The molecule has 0 bridgehead atoms. The summed E-state index contributed by atoms with van der Waals surface area (Å²) >= 11 is 6.25. The van der Waals surface area contributed by atoms with Crippen molar-refractivity contribution in [3.05, 3.63) is 28.8 Å². The number of aliphatic carboxylic acids is 1. The minimum absolute atomic E-state index is 0.0994. The fourth-order valence-electron chi connectivity index (χ4n) is 2.82. The van der Waals surface area contributed by atoms with Crippen LogP contribution in [0.2, 0.25) is 5.02 Å². The van der Waals surface area contributed by atoms with Crippen LogP contribution in [0.3, 0.4) is 0 Å². The van der Waals surface area contributed by atoms with Crippen LogP contribution in [0.5, 0.6) is 0 Å². The van der Waals surface area contributed by atoms with Crippen molar-refractivity contribution in [1.82, 2.24) is 0 Å². The number of carbonyl (C=O) groups excluding carboxylic acids is 1. The first-order valence-corrected chi connectivity index (χ1v) is 8.01. The van der Waals surface area contributed by atoms with Crippen LogP contribution in [0.4, 0.5) is 10.5 Å². The highest BCUT2D eigenvalue weighted by atomic mass is 35.5. The number of hydrogen-bond donors (Lipinski definition) is 2. The molecule has 5 nitrogen and oxygen atoms in total. The number of benzene rings is 1. The molecular formula is C17H22ClNO4. The van der Waals surface area contributed by atoms with Gasteiger partial charge in [-0.15, -0.1) is 0 Å². The lowest BCUT2D eigenvalue weighted by Gasteiger charge is -2.41. The quantitative estimate of drug-likeness (QED) is 0.841. The number of anilines is 1. The van der Waals surface area contributed by atoms with E-state index in [9.17, 15) is 9.59 Å². The zero-order valence-electron chi connectivity index (χ0n) is 13.6. The van der Waals surface area contributed by atoms with Crippen LogP contribution < -0.4 is 5.32 Å². The predicted octanol–water partition coefficient (Wildman–Crippen LogP) is 4.58. The highest BCUT2D eigenvalue weighted by Gasteiger charge is 2.40. The highest BCUT2D eigenvalue weighted by Crippen LogP contribution is 2.47. The Balaban J connectivity index is 2.15. The van der Waals surface area contributed by atoms with E-state index < -0.39 is 17.7 Å². The Morgan fingerprint density at radius 1 is 1.35 bits per heavy atom. The van der Waals surface area contributed by atoms with Gasteiger partial charge in [0.25, 0.3) is 0 Å². The molecule has 1 saturated carbocycles. The van der Waals surface area contributed by atoms with E-state index in [0.29, 0.717) is 10.7 Å². The van der Waals surface area contributed by atoms with Crippen LogP contribution in [0.15, 0.2) is 18.2 Å². The summed E-state index contributed by atoms with van der Waals surface area (Å²) in [5.41, 5.74) is 0.439. The van der Waals surface area contributed by atoms with Crippen molar-refractivity contribution >= 4 is 29.4 Å². The van der Waals surface area contributed by atoms with Gasteiger partial charge in [-0.1, -0.05) is 24.1 Å². The van der Waals surface area contributed by atoms with Gasteiger partial charge in [-0.25, -0.2) is 4.79 Å². The number of nitrogens with one attached hydrogen (secondary N) is 1. The molecule has 0 unspecified atom stereocenters. The third kappa shape index (κ3) is 4.38. The van der Waals surface area contributed by atoms with Crippen LogP contribution >= 0.6 is 11.6 Å². The summed E-state index contributed by atoms with van der Waals surface area (Å²) in [7, 11) is 0. The van der Waals surface area contributed by atoms with Crippen LogP contribution in [-0.2, 0) is 14.9 Å². The van der Waals surface area contributed by atoms with Gasteiger partial charge in [0.15, 0.2) is 0 Å². The van der Waals surface area contributed by atoms with Crippen molar-refractivity contribution in [3.63, 3.8) is 0 Å². The number of hydrogen-bond acceptors (Lipinski definition) is 3. The summed E-state index contributed by atoms with van der Waals surface area (Å²) < 4.78 is 5.19. The second kappa shape index (κ2) is 6.40. The molecule has 0 aliphatic heterocycles. The lowest BCUT2D eigenvalue weighted by Crippen LogP contribution is -2.36. The summed E-state index contributed by atoms with van der Waals surface area (Å²) in [6.45, 7) is 5.34. The van der Waals surface area contributed by atoms with Crippen molar-refractivity contribution in [2.75, 3.05) is 5.32 Å². The number of carboxylic acids is 1. The molecule has 0 aromatic heterocycles. The third-order valence-electron chi connectivity index (χ3n) is 4.02. The fraction of sp³-hybridized carbons (Fsp3) is 0.529. The summed E-state index contributed by atoms with van der Waals surface area (Å²) in [5.74, 6) is -0.809. The molecule has 23 heavy (non-hydrogen) atoms. The topological polar surface area (TPSA) is 75.6 Å². The van der Waals surface area contributed by atoms with Crippen molar-refractivity contribution in [3.8, 4) is 0 Å². The third-order valence-corrected chi connectivity index (χ3v) is 4.33. The van der Waals surface area contributed by atoms with Crippen LogP contribution in [0.1, 0.15) is 52.0 Å². The Labute approximate surface area is 141 Å². The molecule has 0 saturated heterocycles. The molecule has 0 radical (unpaired) electrons. The number of carboxylic acid groups (broad SMARTS) is 1. The van der Waals surface area contributed by atoms with Gasteiger partial charge in [0.05, 0.1) is 17.1 Å². The Bertz CT molecular complexity index is 618. The van der Waals surface area contributed by atoms with Crippen LogP contribution in [0.25, 0.3) is 0 Å². The maximum atomic E-state index is 11.8. The van der Waals surface area contributed by atoms with Crippen molar-refractivity contribution in [1.29, 1.82) is 0 Å². The van der Waals surface area contributed by atoms with E-state index in [1.165, 1.54) is 0 Å². The van der Waals surface area contributed by atoms with Crippen LogP contribution in [0, 0.1) is 0 Å². The van der Waals surface area contributed by atoms with Gasteiger partial charge in [0.2, 0.25) is 0 Å². The van der Waals surface area contributed by atoms with Gasteiger partial charge < -0.3 is 9.84 Å². The second-order valence-electron chi connectivity index (χ2n) is 7.03. The average Bonchev–Trinajstić information content (AvgIpc) is 2.34. The molecule has 6 heteroatoms. The summed E-state index contributed by atoms with van der Waals surface area (Å²) in [6, 6.07) is 5.28. The Morgan fingerprint density at radius 3 is 2.43 bits per heavy atom. The normalized spacial score (nSPS) is 16.3. The maximum Gasteiger partial charge on any atom is 0.412 e. The molecule has 1 aliphatic carbocycles. The number of amides is 1. The van der Waals surface area contributed by atoms with E-state index in [4.69, 9.17) is 21.4 Å². The number of halogens is 1. The fourth-order valence-corrected chi connectivity index (χ4v) is 3.05. The molecule has 126 valence electrons. The van der Waals surface area contributed by atoms with Crippen molar-refractivity contribution in [2.45, 2.75) is 57.5 Å². The first-order valence-electron chi connectivity index (χ1n) is 7.63. The largest absolute Gasteiger partial charge is 0.481 e. The SMILES string of the molecule is CC(C)(C)OC(=O)Nc1ccc(C2(CC(=O)O)CCC2)cc1Cl. The average molecular weight is 340 g/mol. The number of carbonyl (C=O) groups is 2. The second-order valence-corrected chi connectivity index (χ2v) is 7.43. The van der Waals surface area contributed by atoms with E-state index >= 15 is 0 Å². The van der Waals surface area contributed by atoms with E-state index in [1.807, 2.05) is 6.07 Å². The predicted molar refractivity (Wildman–Crippen MR) is 89.1 cm³/mol. The summed E-state index contributed by atoms with van der Waals surface area (Å²) in [4.78, 5) is 22.9. The summed E-state index contributed by atoms with van der Waals surface area (Å²) in [5, 5.41) is 12.1. The lowest BCUT2D eigenvalue weighted by atomic mass is 9.62. The van der Waals surface area contributed by atoms with Gasteiger partial charge in [0, 0.05) is 5.41 Å². The molecule has 1 aromatic carbocycles. The first-order chi connectivity index (χ1) is 10.6. The lowest BCUT2D eigenvalue weighted by molar-refractivity contribution is -0.139. The molecule has 2 rings (SSSR count). The van der Waals surface area contributed by atoms with Gasteiger partial charge in [-0.2, -0.15) is 0 Å². The van der Waals surface area contributed by atoms with E-state index in [0.717, 1.165) is 24.8 Å². The smallest absolute Gasteiger partial charge is 0.412 e. The molecule has 1 fully saturated rings. The summed E-state index contributed by atoms with van der Waals surface area (Å²) in [6.07, 6.45) is 2.23. The van der Waals surface area contributed by atoms with Gasteiger partial charge in [-0.05, 0) is 51.3 Å². The number of rotatable bonds is 4. The van der Waals surface area contributed by atoms with Gasteiger partial charge in [-0.3, -0.25) is 10.1 Å². The molecule has 1 aliphatic rings. The van der Waals surface area contributed by atoms with Crippen molar-refractivity contribution < 1.29 is 19.4 Å². The first kappa shape index (κ1) is 17.6. The monoisotopic (exact) mass is 339 g/mol. The molecule has 0 atom stereocenters. The van der Waals surface area contributed by atoms with Crippen LogP contribution in [-0.4, -0.2) is 22.8 Å². The Morgan fingerprint density at radius 2 is 2.00 bits per heavy atom. The maximum absolute atomic E-state index is 11.8. The molecular weight excluding hydrogens is 318 g/mol. The van der Waals surface area contributed by atoms with E-state index in [-0.39, 0.29) is 11.8 Å². The van der Waals surface area contributed by atoms with Gasteiger partial charge in [0.1, 0.15) is 5.60 Å². The minimum atomic E-state index is -0.809. The molecule has 1 aromatic rings. The van der Waals surface area contributed by atoms with Gasteiger partial charge >= 0.3 is 12.1 Å². The van der Waals surface area contributed by atoms with E-state index in [1.54, 1.807) is 32.9 Å². The Hall–Kier alpha value is -1.75. The number of ether oxygens (including phenoxy) is 1. The highest BCUT2D eigenvalue weighted by molar-refractivity contribution is 6.33. The molecule has 2 N–H and O–H groups in total. The molecule has 1 amide bonds. The molecule has 0 spiro atoms. The zero-order valence-corrected chi connectivity index (χ0v) is 14.4. The standard InChI is InChI=1S/C17H22ClNO4/c1-16(2,3)23-15(22)19-13-6-5-11(9-12(13)18)17(7-4-8-17)10-14(20)21/h5-6,9H,4,7-8,10H2,1-3H3,(H,19,22)(H,20,21). The minimum Gasteiger partial charge on any atom is -0.481 e. The van der Waals surface area contributed by atoms with Crippen molar-refractivity contribution in [2.24, 2.45) is 0 Å². The van der Waals surface area contributed by atoms with E-state index in [2.05, 4.69) is 5.32 Å². The zero-order chi connectivity index (χ0) is 17.3. The molecule has 0 heterocycles.